The van der Waals surface area contributed by atoms with Crippen molar-refractivity contribution in [2.75, 3.05) is 24.3 Å². The molecule has 2 aromatic heterocycles. The van der Waals surface area contributed by atoms with Crippen molar-refractivity contribution in [1.82, 2.24) is 9.97 Å². The zero-order chi connectivity index (χ0) is 13.1. The fraction of sp³-hybridized carbons (Fsp3) is 0.385. The molecule has 0 bridgehead atoms. The lowest BCUT2D eigenvalue weighted by Gasteiger charge is -2.11. The fourth-order valence-electron chi connectivity index (χ4n) is 1.58. The van der Waals surface area contributed by atoms with Gasteiger partial charge in [-0.15, -0.1) is 11.3 Å². The topological polar surface area (TPSA) is 41.1 Å². The Balaban J connectivity index is 2.03. The molecule has 18 heavy (non-hydrogen) atoms. The number of thiophene rings is 1. The molecule has 0 radical (unpaired) electrons. The van der Waals surface area contributed by atoms with Crippen LogP contribution < -0.4 is 10.2 Å². The first-order valence-corrected chi connectivity index (χ1v) is 6.68. The molecule has 0 atom stereocenters. The second-order valence-corrected chi connectivity index (χ2v) is 5.78. The van der Waals surface area contributed by atoms with E-state index in [4.69, 9.17) is 0 Å². The minimum atomic E-state index is 0.721. The van der Waals surface area contributed by atoms with Crippen molar-refractivity contribution in [3.8, 4) is 0 Å². The molecular weight excluding hydrogens is 244 g/mol. The van der Waals surface area contributed by atoms with Gasteiger partial charge in [-0.25, -0.2) is 4.98 Å². The predicted molar refractivity (Wildman–Crippen MR) is 77.5 cm³/mol. The van der Waals surface area contributed by atoms with Crippen molar-refractivity contribution in [3.63, 3.8) is 0 Å². The Bertz CT molecular complexity index is 514. The standard InChI is InChI=1S/C13H18N4S/c1-9-7-11(18-10(9)2)8-15-12-5-6-14-13(16-12)17(3)4/h5-7H,8H2,1-4H3,(H,14,15,16). The second kappa shape index (κ2) is 5.35. The summed E-state index contributed by atoms with van der Waals surface area (Å²) in [6.07, 6.45) is 1.77. The molecule has 0 aliphatic heterocycles. The summed E-state index contributed by atoms with van der Waals surface area (Å²) in [6.45, 7) is 5.10. The number of anilines is 2. The number of hydrogen-bond acceptors (Lipinski definition) is 5. The first-order valence-electron chi connectivity index (χ1n) is 5.86. The van der Waals surface area contributed by atoms with Crippen LogP contribution in [-0.2, 0) is 6.54 Å². The summed E-state index contributed by atoms with van der Waals surface area (Å²) < 4.78 is 0. The Labute approximate surface area is 112 Å². The molecule has 0 saturated heterocycles. The van der Waals surface area contributed by atoms with Crippen molar-refractivity contribution in [2.24, 2.45) is 0 Å². The quantitative estimate of drug-likeness (QED) is 0.920. The van der Waals surface area contributed by atoms with Crippen molar-refractivity contribution in [2.45, 2.75) is 20.4 Å². The average Bonchev–Trinajstić information content (AvgIpc) is 2.67. The van der Waals surface area contributed by atoms with E-state index in [2.05, 4.69) is 35.2 Å². The van der Waals surface area contributed by atoms with Crippen LogP contribution in [0.3, 0.4) is 0 Å². The van der Waals surface area contributed by atoms with Crippen molar-refractivity contribution in [1.29, 1.82) is 0 Å². The van der Waals surface area contributed by atoms with Crippen molar-refractivity contribution >= 4 is 23.1 Å². The first-order chi connectivity index (χ1) is 8.56. The highest BCUT2D eigenvalue weighted by molar-refractivity contribution is 7.12. The minimum absolute atomic E-state index is 0.721. The summed E-state index contributed by atoms with van der Waals surface area (Å²) in [6, 6.07) is 4.11. The molecule has 2 rings (SSSR count). The molecule has 1 N–H and O–H groups in total. The number of hydrogen-bond donors (Lipinski definition) is 1. The van der Waals surface area contributed by atoms with Gasteiger partial charge in [0.25, 0.3) is 0 Å². The van der Waals surface area contributed by atoms with E-state index in [0.29, 0.717) is 0 Å². The Morgan fingerprint density at radius 2 is 2.11 bits per heavy atom. The SMILES string of the molecule is Cc1cc(CNc2ccnc(N(C)C)n2)sc1C. The Morgan fingerprint density at radius 1 is 1.33 bits per heavy atom. The van der Waals surface area contributed by atoms with Gasteiger partial charge < -0.3 is 10.2 Å². The Kier molecular flexibility index (Phi) is 3.81. The molecule has 0 saturated carbocycles. The fourth-order valence-corrected chi connectivity index (χ4v) is 2.57. The van der Waals surface area contributed by atoms with Crippen LogP contribution in [0, 0.1) is 13.8 Å². The lowest BCUT2D eigenvalue weighted by molar-refractivity contribution is 0.990. The third-order valence-electron chi connectivity index (χ3n) is 2.70. The van der Waals surface area contributed by atoms with E-state index in [0.717, 1.165) is 18.3 Å². The third-order valence-corrected chi connectivity index (χ3v) is 3.86. The summed E-state index contributed by atoms with van der Waals surface area (Å²) in [5, 5.41) is 3.33. The summed E-state index contributed by atoms with van der Waals surface area (Å²) in [4.78, 5) is 13.2. The van der Waals surface area contributed by atoms with Gasteiger partial charge >= 0.3 is 0 Å². The van der Waals surface area contributed by atoms with Crippen molar-refractivity contribution in [3.05, 3.63) is 33.6 Å². The molecule has 0 fully saturated rings. The van der Waals surface area contributed by atoms with E-state index in [-0.39, 0.29) is 0 Å². The largest absolute Gasteiger partial charge is 0.365 e. The van der Waals surface area contributed by atoms with Gasteiger partial charge in [0, 0.05) is 30.0 Å². The zero-order valence-corrected chi connectivity index (χ0v) is 12.0. The van der Waals surface area contributed by atoms with Crippen LogP contribution in [0.15, 0.2) is 18.3 Å². The number of nitrogens with zero attached hydrogens (tertiary/aromatic N) is 3. The Morgan fingerprint density at radius 3 is 2.72 bits per heavy atom. The van der Waals surface area contributed by atoms with Gasteiger partial charge in [0.05, 0.1) is 6.54 Å². The van der Waals surface area contributed by atoms with Crippen LogP contribution in [0.25, 0.3) is 0 Å². The molecule has 0 amide bonds. The zero-order valence-electron chi connectivity index (χ0n) is 11.2. The van der Waals surface area contributed by atoms with E-state index in [1.165, 1.54) is 15.3 Å². The number of nitrogens with one attached hydrogen (secondary N) is 1. The number of aryl methyl sites for hydroxylation is 2. The molecule has 0 spiro atoms. The molecule has 5 heteroatoms. The lowest BCUT2D eigenvalue weighted by Crippen LogP contribution is -2.13. The van der Waals surface area contributed by atoms with Gasteiger partial charge in [-0.05, 0) is 31.5 Å². The maximum Gasteiger partial charge on any atom is 0.226 e. The summed E-state index contributed by atoms with van der Waals surface area (Å²) in [5.41, 5.74) is 1.36. The number of rotatable bonds is 4. The van der Waals surface area contributed by atoms with E-state index in [1.54, 1.807) is 6.20 Å². The highest BCUT2D eigenvalue weighted by Crippen LogP contribution is 2.21. The van der Waals surface area contributed by atoms with Gasteiger partial charge in [-0.3, -0.25) is 0 Å². The van der Waals surface area contributed by atoms with E-state index < -0.39 is 0 Å². The molecule has 2 heterocycles. The summed E-state index contributed by atoms with van der Waals surface area (Å²) in [5.74, 6) is 1.58. The number of aromatic nitrogens is 2. The molecule has 0 unspecified atom stereocenters. The van der Waals surface area contributed by atoms with Gasteiger partial charge in [0.2, 0.25) is 5.95 Å². The maximum atomic E-state index is 4.42. The molecule has 96 valence electrons. The molecule has 2 aromatic rings. The van der Waals surface area contributed by atoms with Gasteiger partial charge in [0.15, 0.2) is 0 Å². The van der Waals surface area contributed by atoms with E-state index >= 15 is 0 Å². The predicted octanol–water partition coefficient (Wildman–Crippen LogP) is 2.83. The Hall–Kier alpha value is -1.62. The smallest absolute Gasteiger partial charge is 0.226 e. The minimum Gasteiger partial charge on any atom is -0.365 e. The highest BCUT2D eigenvalue weighted by atomic mass is 32.1. The second-order valence-electron chi connectivity index (χ2n) is 4.44. The molecule has 0 aliphatic rings. The van der Waals surface area contributed by atoms with Gasteiger partial charge in [-0.1, -0.05) is 0 Å². The normalized spacial score (nSPS) is 10.4. The van der Waals surface area contributed by atoms with Gasteiger partial charge in [-0.2, -0.15) is 4.98 Å². The van der Waals surface area contributed by atoms with Crippen LogP contribution >= 0.6 is 11.3 Å². The van der Waals surface area contributed by atoms with E-state index in [9.17, 15) is 0 Å². The maximum absolute atomic E-state index is 4.42. The van der Waals surface area contributed by atoms with Crippen LogP contribution in [0.4, 0.5) is 11.8 Å². The average molecular weight is 262 g/mol. The van der Waals surface area contributed by atoms with Crippen LogP contribution in [0.1, 0.15) is 15.3 Å². The lowest BCUT2D eigenvalue weighted by atomic mass is 10.3. The van der Waals surface area contributed by atoms with E-state index in [1.807, 2.05) is 36.4 Å². The van der Waals surface area contributed by atoms with Crippen LogP contribution in [-0.4, -0.2) is 24.1 Å². The van der Waals surface area contributed by atoms with Gasteiger partial charge in [0.1, 0.15) is 5.82 Å². The summed E-state index contributed by atoms with van der Waals surface area (Å²) in [7, 11) is 3.87. The summed E-state index contributed by atoms with van der Waals surface area (Å²) >= 11 is 1.83. The highest BCUT2D eigenvalue weighted by Gasteiger charge is 2.03. The van der Waals surface area contributed by atoms with Crippen LogP contribution in [0.5, 0.6) is 0 Å². The third kappa shape index (κ3) is 2.98. The van der Waals surface area contributed by atoms with Crippen LogP contribution in [0.2, 0.25) is 0 Å². The molecule has 0 aromatic carbocycles. The monoisotopic (exact) mass is 262 g/mol. The molecule has 4 nitrogen and oxygen atoms in total. The molecule has 0 aliphatic carbocycles. The molecular formula is C13H18N4S. The first kappa shape index (κ1) is 12.8. The van der Waals surface area contributed by atoms with Crippen molar-refractivity contribution < 1.29 is 0 Å².